The molecule has 1 atom stereocenters. The molecule has 0 aromatic heterocycles. The Morgan fingerprint density at radius 2 is 2.26 bits per heavy atom. The number of anilines is 1. The number of thioether (sulfide) groups is 1. The number of amides is 2. The van der Waals surface area contributed by atoms with Gasteiger partial charge in [0.25, 0.3) is 0 Å². The van der Waals surface area contributed by atoms with E-state index < -0.39 is 10.0 Å². The van der Waals surface area contributed by atoms with E-state index in [0.29, 0.717) is 17.2 Å². The molecule has 0 radical (unpaired) electrons. The van der Waals surface area contributed by atoms with Gasteiger partial charge in [-0.1, -0.05) is 12.1 Å². The number of carbonyl (C=O) groups excluding carboxylic acids is 1. The highest BCUT2D eigenvalue weighted by Crippen LogP contribution is 2.21. The predicted octanol–water partition coefficient (Wildman–Crippen LogP) is 2.08. The number of benzene rings is 1. The monoisotopic (exact) mass is 357 g/mol. The Hall–Kier alpha value is -1.25. The number of primary sulfonamides is 1. The Labute approximate surface area is 141 Å². The number of nitrogens with one attached hydrogen (secondary N) is 1. The van der Waals surface area contributed by atoms with E-state index in [-0.39, 0.29) is 11.8 Å². The molecule has 3 N–H and O–H groups in total. The normalized spacial score (nSPS) is 18.7. The molecule has 1 aliphatic heterocycles. The van der Waals surface area contributed by atoms with Crippen LogP contribution in [-0.2, 0) is 15.8 Å². The highest BCUT2D eigenvalue weighted by Gasteiger charge is 2.23. The van der Waals surface area contributed by atoms with Gasteiger partial charge in [-0.2, -0.15) is 11.8 Å². The summed E-state index contributed by atoms with van der Waals surface area (Å²) in [5, 5.41) is 7.90. The van der Waals surface area contributed by atoms with Crippen molar-refractivity contribution in [2.45, 2.75) is 18.6 Å². The van der Waals surface area contributed by atoms with Gasteiger partial charge in [0, 0.05) is 18.8 Å². The summed E-state index contributed by atoms with van der Waals surface area (Å²) in [4.78, 5) is 14.2. The molecule has 0 bridgehead atoms. The van der Waals surface area contributed by atoms with Crippen LogP contribution in [0.15, 0.2) is 24.3 Å². The minimum absolute atomic E-state index is 0.136. The SMILES string of the molecule is CSC[C@H]1CCCN(C(=O)Nc2cccc(CS(N)(=O)=O)c2)C1. The number of sulfonamides is 1. The van der Waals surface area contributed by atoms with Gasteiger partial charge in [0.1, 0.15) is 0 Å². The van der Waals surface area contributed by atoms with Crippen molar-refractivity contribution in [3.8, 4) is 0 Å². The van der Waals surface area contributed by atoms with Gasteiger partial charge >= 0.3 is 6.03 Å². The fourth-order valence-corrected chi connectivity index (χ4v) is 4.18. The predicted molar refractivity (Wildman–Crippen MR) is 95.0 cm³/mol. The number of piperidine rings is 1. The third kappa shape index (κ3) is 6.04. The maximum absolute atomic E-state index is 12.4. The zero-order valence-electron chi connectivity index (χ0n) is 13.2. The van der Waals surface area contributed by atoms with Crippen molar-refractivity contribution in [2.75, 3.05) is 30.4 Å². The van der Waals surface area contributed by atoms with Crippen molar-refractivity contribution >= 4 is 33.5 Å². The Kier molecular flexibility index (Phi) is 6.32. The van der Waals surface area contributed by atoms with Gasteiger partial charge in [0.05, 0.1) is 5.75 Å². The molecular weight excluding hydrogens is 334 g/mol. The quantitative estimate of drug-likeness (QED) is 0.844. The van der Waals surface area contributed by atoms with Crippen molar-refractivity contribution < 1.29 is 13.2 Å². The molecule has 0 aliphatic carbocycles. The summed E-state index contributed by atoms with van der Waals surface area (Å²) in [5.74, 6) is 1.36. The van der Waals surface area contributed by atoms with Crippen LogP contribution >= 0.6 is 11.8 Å². The lowest BCUT2D eigenvalue weighted by Gasteiger charge is -2.32. The summed E-state index contributed by atoms with van der Waals surface area (Å²) >= 11 is 1.81. The standard InChI is InChI=1S/C15H23N3O3S2/c1-22-10-13-5-3-7-18(9-13)15(19)17-14-6-2-4-12(8-14)11-23(16,20)21/h2,4,6,8,13H,3,5,7,9-11H2,1H3,(H,17,19)(H2,16,20,21)/t13-/m0/s1. The maximum Gasteiger partial charge on any atom is 0.321 e. The van der Waals surface area contributed by atoms with E-state index >= 15 is 0 Å². The van der Waals surface area contributed by atoms with Crippen LogP contribution in [0.5, 0.6) is 0 Å². The fraction of sp³-hybridized carbons (Fsp3) is 0.533. The average molecular weight is 358 g/mol. The lowest BCUT2D eigenvalue weighted by molar-refractivity contribution is 0.183. The van der Waals surface area contributed by atoms with Gasteiger partial charge in [-0.25, -0.2) is 18.4 Å². The van der Waals surface area contributed by atoms with Gasteiger partial charge < -0.3 is 10.2 Å². The zero-order chi connectivity index (χ0) is 16.9. The van der Waals surface area contributed by atoms with Crippen LogP contribution in [0.2, 0.25) is 0 Å². The largest absolute Gasteiger partial charge is 0.324 e. The van der Waals surface area contributed by atoms with Crippen LogP contribution in [0.25, 0.3) is 0 Å². The zero-order valence-corrected chi connectivity index (χ0v) is 14.8. The summed E-state index contributed by atoms with van der Waals surface area (Å²) in [6.07, 6.45) is 4.26. The van der Waals surface area contributed by atoms with Gasteiger partial charge in [-0.15, -0.1) is 0 Å². The average Bonchev–Trinajstić information content (AvgIpc) is 2.46. The summed E-state index contributed by atoms with van der Waals surface area (Å²) < 4.78 is 22.3. The molecule has 128 valence electrons. The van der Waals surface area contributed by atoms with E-state index in [9.17, 15) is 13.2 Å². The molecule has 2 amide bonds. The minimum atomic E-state index is -3.58. The van der Waals surface area contributed by atoms with Crippen LogP contribution in [0, 0.1) is 5.92 Å². The van der Waals surface area contributed by atoms with E-state index in [2.05, 4.69) is 11.6 Å². The topological polar surface area (TPSA) is 92.5 Å². The number of rotatable bonds is 5. The molecule has 1 fully saturated rings. The lowest BCUT2D eigenvalue weighted by Crippen LogP contribution is -2.42. The molecule has 23 heavy (non-hydrogen) atoms. The van der Waals surface area contributed by atoms with Gasteiger partial charge in [-0.3, -0.25) is 0 Å². The van der Waals surface area contributed by atoms with Gasteiger partial charge in [-0.05, 0) is 48.5 Å². The van der Waals surface area contributed by atoms with Crippen molar-refractivity contribution in [1.29, 1.82) is 0 Å². The summed E-state index contributed by atoms with van der Waals surface area (Å²) in [7, 11) is -3.58. The van der Waals surface area contributed by atoms with Crippen molar-refractivity contribution in [1.82, 2.24) is 4.90 Å². The smallest absolute Gasteiger partial charge is 0.321 e. The first-order valence-corrected chi connectivity index (χ1v) is 10.6. The molecule has 1 heterocycles. The first-order chi connectivity index (χ1) is 10.9. The minimum Gasteiger partial charge on any atom is -0.324 e. The molecule has 6 nitrogen and oxygen atoms in total. The summed E-state index contributed by atoms with van der Waals surface area (Å²) in [6, 6.07) is 6.64. The number of hydrogen-bond acceptors (Lipinski definition) is 4. The molecule has 1 aromatic rings. The first-order valence-electron chi connectivity index (χ1n) is 7.51. The second-order valence-corrected chi connectivity index (χ2v) is 8.37. The van der Waals surface area contributed by atoms with E-state index in [1.807, 2.05) is 4.90 Å². The third-order valence-electron chi connectivity index (χ3n) is 3.75. The Balaban J connectivity index is 1.98. The van der Waals surface area contributed by atoms with Gasteiger partial charge in [0.15, 0.2) is 0 Å². The molecule has 0 spiro atoms. The van der Waals surface area contributed by atoms with Gasteiger partial charge in [0.2, 0.25) is 10.0 Å². The fourth-order valence-electron chi connectivity index (χ4n) is 2.79. The molecule has 1 aromatic carbocycles. The maximum atomic E-state index is 12.4. The second kappa shape index (κ2) is 8.03. The summed E-state index contributed by atoms with van der Waals surface area (Å²) in [6.45, 7) is 1.52. The van der Waals surface area contributed by atoms with Crippen LogP contribution in [-0.4, -0.2) is 44.4 Å². The van der Waals surface area contributed by atoms with Crippen LogP contribution < -0.4 is 10.5 Å². The van der Waals surface area contributed by atoms with E-state index in [0.717, 1.165) is 31.7 Å². The Morgan fingerprint density at radius 1 is 1.48 bits per heavy atom. The highest BCUT2D eigenvalue weighted by molar-refractivity contribution is 7.98. The number of carbonyl (C=O) groups is 1. The van der Waals surface area contributed by atoms with Crippen LogP contribution in [0.1, 0.15) is 18.4 Å². The summed E-state index contributed by atoms with van der Waals surface area (Å²) in [5.41, 5.74) is 1.15. The third-order valence-corrected chi connectivity index (χ3v) is 5.30. The second-order valence-electron chi connectivity index (χ2n) is 5.85. The molecule has 1 saturated heterocycles. The number of urea groups is 1. The number of nitrogens with two attached hydrogens (primary N) is 1. The van der Waals surface area contributed by atoms with Crippen LogP contribution in [0.4, 0.5) is 10.5 Å². The van der Waals surface area contributed by atoms with Crippen molar-refractivity contribution in [3.63, 3.8) is 0 Å². The Bertz CT molecular complexity index is 647. The molecule has 2 rings (SSSR count). The van der Waals surface area contributed by atoms with Crippen molar-refractivity contribution in [2.24, 2.45) is 11.1 Å². The van der Waals surface area contributed by atoms with Crippen LogP contribution in [0.3, 0.4) is 0 Å². The van der Waals surface area contributed by atoms with Crippen molar-refractivity contribution in [3.05, 3.63) is 29.8 Å². The molecule has 0 saturated carbocycles. The molecule has 8 heteroatoms. The van der Waals surface area contributed by atoms with E-state index in [4.69, 9.17) is 5.14 Å². The number of nitrogens with zero attached hydrogens (tertiary/aromatic N) is 1. The first kappa shape index (κ1) is 18.1. The van der Waals surface area contributed by atoms with E-state index in [1.165, 1.54) is 0 Å². The Morgan fingerprint density at radius 3 is 2.96 bits per heavy atom. The highest BCUT2D eigenvalue weighted by atomic mass is 32.2. The molecule has 0 unspecified atom stereocenters. The molecule has 1 aliphatic rings. The number of likely N-dealkylation sites (tertiary alicyclic amines) is 1. The van der Waals surface area contributed by atoms with E-state index in [1.54, 1.807) is 36.0 Å². The lowest BCUT2D eigenvalue weighted by atomic mass is 10.0. The molecular formula is C15H23N3O3S2. The number of hydrogen-bond donors (Lipinski definition) is 2.